The molecule has 2 aromatic carbocycles. The van der Waals surface area contributed by atoms with E-state index in [2.05, 4.69) is 21.4 Å². The lowest BCUT2D eigenvalue weighted by Gasteiger charge is -2.10. The van der Waals surface area contributed by atoms with Crippen LogP contribution in [0.5, 0.6) is 0 Å². The van der Waals surface area contributed by atoms with Gasteiger partial charge in [0.15, 0.2) is 0 Å². The van der Waals surface area contributed by atoms with Gasteiger partial charge in [-0.2, -0.15) is 0 Å². The molecule has 1 unspecified atom stereocenters. The molecule has 0 saturated carbocycles. The fourth-order valence-electron chi connectivity index (χ4n) is 4.41. The van der Waals surface area contributed by atoms with Crippen molar-refractivity contribution in [2.24, 2.45) is 7.05 Å². The number of imidazole rings is 2. The van der Waals surface area contributed by atoms with E-state index in [0.29, 0.717) is 19.2 Å². The van der Waals surface area contributed by atoms with E-state index in [4.69, 9.17) is 4.74 Å². The highest BCUT2D eigenvalue weighted by molar-refractivity contribution is 5.90. The maximum atomic E-state index is 13.0. The number of ether oxygens (including phenoxy) is 1. The minimum absolute atomic E-state index is 0.0462. The molecule has 1 atom stereocenters. The van der Waals surface area contributed by atoms with Gasteiger partial charge in [-0.3, -0.25) is 19.2 Å². The first-order valence-corrected chi connectivity index (χ1v) is 10.7. The SMILES string of the molecule is CC(=O)Nc1nc(-c2cccc(C)c2)c(-c2ccc3c(c2)n(C)c(=O)n3C2CCOC2)[nH]1. The van der Waals surface area contributed by atoms with Crippen molar-refractivity contribution < 1.29 is 9.53 Å². The summed E-state index contributed by atoms with van der Waals surface area (Å²) in [4.78, 5) is 32.5. The largest absolute Gasteiger partial charge is 0.379 e. The summed E-state index contributed by atoms with van der Waals surface area (Å²) in [5.74, 6) is 0.188. The van der Waals surface area contributed by atoms with Crippen LogP contribution in [0, 0.1) is 6.92 Å². The maximum absolute atomic E-state index is 13.0. The zero-order valence-electron chi connectivity index (χ0n) is 18.3. The number of benzene rings is 2. The molecule has 2 aromatic heterocycles. The molecule has 8 heteroatoms. The molecule has 8 nitrogen and oxygen atoms in total. The third kappa shape index (κ3) is 3.42. The van der Waals surface area contributed by atoms with Gasteiger partial charge < -0.3 is 9.72 Å². The molecule has 32 heavy (non-hydrogen) atoms. The topological polar surface area (TPSA) is 93.9 Å². The van der Waals surface area contributed by atoms with Gasteiger partial charge in [-0.15, -0.1) is 0 Å². The molecule has 0 spiro atoms. The number of nitrogens with zero attached hydrogens (tertiary/aromatic N) is 3. The van der Waals surface area contributed by atoms with Crippen LogP contribution in [0.2, 0.25) is 0 Å². The van der Waals surface area contributed by atoms with E-state index < -0.39 is 0 Å². The number of rotatable bonds is 4. The second-order valence-corrected chi connectivity index (χ2v) is 8.29. The van der Waals surface area contributed by atoms with E-state index in [1.165, 1.54) is 6.92 Å². The highest BCUT2D eigenvalue weighted by atomic mass is 16.5. The summed E-state index contributed by atoms with van der Waals surface area (Å²) in [7, 11) is 1.79. The molecule has 1 aliphatic rings. The number of amides is 1. The summed E-state index contributed by atoms with van der Waals surface area (Å²) in [6, 6.07) is 14.1. The van der Waals surface area contributed by atoms with E-state index in [0.717, 1.165) is 45.5 Å². The molecule has 2 N–H and O–H groups in total. The van der Waals surface area contributed by atoms with Crippen molar-refractivity contribution in [1.29, 1.82) is 0 Å². The maximum Gasteiger partial charge on any atom is 0.329 e. The Morgan fingerprint density at radius 1 is 1.19 bits per heavy atom. The van der Waals surface area contributed by atoms with Gasteiger partial charge in [0, 0.05) is 31.7 Å². The van der Waals surface area contributed by atoms with Gasteiger partial charge in [0.25, 0.3) is 0 Å². The fraction of sp³-hybridized carbons (Fsp3) is 0.292. The van der Waals surface area contributed by atoms with Crippen LogP contribution >= 0.6 is 0 Å². The van der Waals surface area contributed by atoms with Gasteiger partial charge in [0.2, 0.25) is 11.9 Å². The number of hydrogen-bond donors (Lipinski definition) is 2. The molecule has 3 heterocycles. The average Bonchev–Trinajstić information content (AvgIpc) is 3.48. The van der Waals surface area contributed by atoms with E-state index in [1.807, 2.05) is 47.9 Å². The lowest BCUT2D eigenvalue weighted by molar-refractivity contribution is -0.114. The zero-order valence-corrected chi connectivity index (χ0v) is 18.3. The lowest BCUT2D eigenvalue weighted by atomic mass is 10.0. The van der Waals surface area contributed by atoms with E-state index in [9.17, 15) is 9.59 Å². The second kappa shape index (κ2) is 7.80. The number of nitrogens with one attached hydrogen (secondary N) is 2. The Hall–Kier alpha value is -3.65. The first-order valence-electron chi connectivity index (χ1n) is 10.7. The normalized spacial score (nSPS) is 16.0. The molecule has 0 bridgehead atoms. The molecule has 1 saturated heterocycles. The third-order valence-electron chi connectivity index (χ3n) is 5.94. The summed E-state index contributed by atoms with van der Waals surface area (Å²) in [6.45, 7) is 4.71. The monoisotopic (exact) mass is 431 g/mol. The van der Waals surface area contributed by atoms with Crippen LogP contribution in [0.4, 0.5) is 5.95 Å². The van der Waals surface area contributed by atoms with Crippen LogP contribution in [0.3, 0.4) is 0 Å². The molecular weight excluding hydrogens is 406 g/mol. The highest BCUT2D eigenvalue weighted by Crippen LogP contribution is 2.34. The van der Waals surface area contributed by atoms with Crippen molar-refractivity contribution in [3.63, 3.8) is 0 Å². The summed E-state index contributed by atoms with van der Waals surface area (Å²) in [5.41, 5.74) is 6.15. The van der Waals surface area contributed by atoms with E-state index in [-0.39, 0.29) is 17.6 Å². The van der Waals surface area contributed by atoms with E-state index >= 15 is 0 Å². The average molecular weight is 431 g/mol. The number of aromatic amines is 1. The minimum atomic E-state index is -0.199. The molecule has 0 radical (unpaired) electrons. The second-order valence-electron chi connectivity index (χ2n) is 8.29. The van der Waals surface area contributed by atoms with Gasteiger partial charge in [-0.25, -0.2) is 9.78 Å². The number of H-pyrrole nitrogens is 1. The van der Waals surface area contributed by atoms with E-state index in [1.54, 1.807) is 11.6 Å². The van der Waals surface area contributed by atoms with Crippen LogP contribution < -0.4 is 11.0 Å². The van der Waals surface area contributed by atoms with Gasteiger partial charge >= 0.3 is 5.69 Å². The summed E-state index contributed by atoms with van der Waals surface area (Å²) < 4.78 is 9.02. The number of hydrogen-bond acceptors (Lipinski definition) is 4. The van der Waals surface area contributed by atoms with Gasteiger partial charge in [0.1, 0.15) is 0 Å². The van der Waals surface area contributed by atoms with Gasteiger partial charge in [-0.1, -0.05) is 29.8 Å². The number of anilines is 1. The van der Waals surface area contributed by atoms with Crippen molar-refractivity contribution in [3.8, 4) is 22.5 Å². The highest BCUT2D eigenvalue weighted by Gasteiger charge is 2.24. The predicted octanol–water partition coefficient (Wildman–Crippen LogP) is 3.63. The quantitative estimate of drug-likeness (QED) is 0.516. The van der Waals surface area contributed by atoms with Gasteiger partial charge in [-0.05, 0) is 31.5 Å². The Bertz CT molecular complexity index is 1390. The summed E-state index contributed by atoms with van der Waals surface area (Å²) in [5, 5.41) is 2.74. The zero-order chi connectivity index (χ0) is 22.4. The van der Waals surface area contributed by atoms with Crippen molar-refractivity contribution in [3.05, 3.63) is 58.5 Å². The number of aryl methyl sites for hydroxylation is 2. The fourth-order valence-corrected chi connectivity index (χ4v) is 4.41. The van der Waals surface area contributed by atoms with Crippen LogP contribution in [0.25, 0.3) is 33.5 Å². The van der Waals surface area contributed by atoms with Crippen LogP contribution in [-0.2, 0) is 16.6 Å². The van der Waals surface area contributed by atoms with Gasteiger partial charge in [0.05, 0.1) is 35.1 Å². The predicted molar refractivity (Wildman–Crippen MR) is 124 cm³/mol. The smallest absolute Gasteiger partial charge is 0.329 e. The number of carbonyl (C=O) groups is 1. The Morgan fingerprint density at radius 2 is 2.03 bits per heavy atom. The third-order valence-corrected chi connectivity index (χ3v) is 5.94. The number of fused-ring (bicyclic) bond motifs is 1. The first-order chi connectivity index (χ1) is 15.4. The summed E-state index contributed by atoms with van der Waals surface area (Å²) >= 11 is 0. The Labute approximate surface area is 184 Å². The van der Waals surface area contributed by atoms with Crippen LogP contribution in [-0.4, -0.2) is 38.2 Å². The lowest BCUT2D eigenvalue weighted by Crippen LogP contribution is -2.26. The Kier molecular flexibility index (Phi) is 4.94. The standard InChI is InChI=1S/C24H25N5O3/c1-14-5-4-6-16(11-14)21-22(27-23(26-21)25-15(2)30)17-7-8-19-20(12-17)28(3)24(31)29(19)18-9-10-32-13-18/h4-8,11-12,18H,9-10,13H2,1-3H3,(H2,25,26,27,30). The van der Waals surface area contributed by atoms with Crippen LogP contribution in [0.1, 0.15) is 24.9 Å². The molecule has 1 amide bonds. The van der Waals surface area contributed by atoms with Crippen molar-refractivity contribution in [2.45, 2.75) is 26.3 Å². The molecule has 1 fully saturated rings. The Balaban J connectivity index is 1.68. The summed E-state index contributed by atoms with van der Waals surface area (Å²) in [6.07, 6.45) is 0.832. The molecule has 5 rings (SSSR count). The molecule has 164 valence electrons. The molecule has 1 aliphatic heterocycles. The Morgan fingerprint density at radius 3 is 2.75 bits per heavy atom. The van der Waals surface area contributed by atoms with Crippen LogP contribution in [0.15, 0.2) is 47.3 Å². The number of carbonyl (C=O) groups excluding carboxylic acids is 1. The van der Waals surface area contributed by atoms with Crippen molar-refractivity contribution in [2.75, 3.05) is 18.5 Å². The van der Waals surface area contributed by atoms with Crippen molar-refractivity contribution in [1.82, 2.24) is 19.1 Å². The van der Waals surface area contributed by atoms with Crippen molar-refractivity contribution >= 4 is 22.9 Å². The first kappa shape index (κ1) is 20.3. The molecular formula is C24H25N5O3. The molecule has 0 aliphatic carbocycles. The molecule has 4 aromatic rings. The number of aromatic nitrogens is 4. The minimum Gasteiger partial charge on any atom is -0.379 e.